The Labute approximate surface area is 164 Å². The number of anilines is 1. The number of nitrogens with one attached hydrogen (secondary N) is 1. The first-order valence-corrected chi connectivity index (χ1v) is 9.15. The lowest BCUT2D eigenvalue weighted by Gasteiger charge is -2.19. The topological polar surface area (TPSA) is 92.8 Å². The van der Waals surface area contributed by atoms with E-state index in [1.165, 1.54) is 0 Å². The molecule has 0 radical (unpaired) electrons. The van der Waals surface area contributed by atoms with Crippen molar-refractivity contribution < 1.29 is 37.1 Å². The number of benzene rings is 1. The van der Waals surface area contributed by atoms with Crippen molar-refractivity contribution in [3.8, 4) is 0 Å². The van der Waals surface area contributed by atoms with Crippen molar-refractivity contribution in [2.75, 3.05) is 18.5 Å². The number of hydrogen-bond donors (Lipinski definition) is 1. The number of likely N-dealkylation sites (tertiary alicyclic amines) is 1. The van der Waals surface area contributed by atoms with E-state index in [1.54, 1.807) is 0 Å². The molecule has 0 spiro atoms. The third-order valence-corrected chi connectivity index (χ3v) is 5.08. The van der Waals surface area contributed by atoms with E-state index < -0.39 is 36.8 Å². The molecule has 1 aromatic carbocycles. The molecule has 1 aliphatic carbocycles. The number of hydrogen-bond acceptors (Lipinski definition) is 5. The molecular weight excluding hydrogens is 393 g/mol. The van der Waals surface area contributed by atoms with Gasteiger partial charge in [-0.1, -0.05) is 12.8 Å². The van der Waals surface area contributed by atoms with E-state index in [1.807, 2.05) is 0 Å². The van der Waals surface area contributed by atoms with Crippen LogP contribution in [0.1, 0.15) is 31.2 Å². The van der Waals surface area contributed by atoms with Gasteiger partial charge in [0.25, 0.3) is 5.91 Å². The van der Waals surface area contributed by atoms with Crippen LogP contribution in [0.15, 0.2) is 24.3 Å². The van der Waals surface area contributed by atoms with Gasteiger partial charge >= 0.3 is 12.1 Å². The highest BCUT2D eigenvalue weighted by Gasteiger charge is 2.48. The Hall–Kier alpha value is -2.91. The number of alkyl halides is 3. The highest BCUT2D eigenvalue weighted by Crippen LogP contribution is 2.37. The number of ether oxygens (including phenoxy) is 1. The van der Waals surface area contributed by atoms with Gasteiger partial charge in [-0.15, -0.1) is 0 Å². The van der Waals surface area contributed by atoms with Crippen LogP contribution in [0.3, 0.4) is 0 Å². The Bertz CT molecular complexity index is 798. The fraction of sp³-hybridized carbons (Fsp3) is 0.474. The number of amides is 3. The first kappa shape index (κ1) is 20.8. The zero-order valence-corrected chi connectivity index (χ0v) is 15.3. The van der Waals surface area contributed by atoms with Gasteiger partial charge in [0.2, 0.25) is 11.8 Å². The molecule has 0 unspecified atom stereocenters. The van der Waals surface area contributed by atoms with E-state index in [9.17, 15) is 32.3 Å². The summed E-state index contributed by atoms with van der Waals surface area (Å²) >= 11 is 0. The summed E-state index contributed by atoms with van der Waals surface area (Å²) in [6.07, 6.45) is -1.52. The molecule has 0 bridgehead atoms. The number of fused-ring (bicyclic) bond motifs is 1. The number of carbonyl (C=O) groups is 4. The van der Waals surface area contributed by atoms with Crippen molar-refractivity contribution in [3.63, 3.8) is 0 Å². The maximum Gasteiger partial charge on any atom is 0.416 e. The first-order valence-electron chi connectivity index (χ1n) is 9.15. The first-order chi connectivity index (χ1) is 13.7. The van der Waals surface area contributed by atoms with Crippen LogP contribution in [0.2, 0.25) is 0 Å². The summed E-state index contributed by atoms with van der Waals surface area (Å²) in [7, 11) is 0. The average molecular weight is 412 g/mol. The Morgan fingerprint density at radius 1 is 1.03 bits per heavy atom. The van der Waals surface area contributed by atoms with Crippen LogP contribution < -0.4 is 5.32 Å². The van der Waals surface area contributed by atoms with Gasteiger partial charge in [0, 0.05) is 5.69 Å². The smallest absolute Gasteiger partial charge is 0.416 e. The molecule has 1 saturated heterocycles. The van der Waals surface area contributed by atoms with Crippen LogP contribution in [0.5, 0.6) is 0 Å². The summed E-state index contributed by atoms with van der Waals surface area (Å²) in [6, 6.07) is 3.77. The van der Waals surface area contributed by atoms with Crippen LogP contribution in [0, 0.1) is 11.8 Å². The number of halogens is 3. The summed E-state index contributed by atoms with van der Waals surface area (Å²) in [5.74, 6) is -3.20. The minimum Gasteiger partial charge on any atom is -0.454 e. The Kier molecular flexibility index (Phi) is 5.90. The number of esters is 1. The van der Waals surface area contributed by atoms with Gasteiger partial charge < -0.3 is 10.1 Å². The zero-order chi connectivity index (χ0) is 21.2. The Balaban J connectivity index is 1.47. The van der Waals surface area contributed by atoms with Crippen LogP contribution in [-0.2, 0) is 30.1 Å². The summed E-state index contributed by atoms with van der Waals surface area (Å²) in [4.78, 5) is 49.2. The zero-order valence-electron chi connectivity index (χ0n) is 15.3. The van der Waals surface area contributed by atoms with Gasteiger partial charge in [-0.3, -0.25) is 24.1 Å². The maximum atomic E-state index is 12.5. The molecule has 29 heavy (non-hydrogen) atoms. The third kappa shape index (κ3) is 4.75. The number of rotatable bonds is 5. The molecule has 1 aromatic rings. The summed E-state index contributed by atoms with van der Waals surface area (Å²) in [5, 5.41) is 2.30. The van der Waals surface area contributed by atoms with Crippen molar-refractivity contribution in [1.29, 1.82) is 0 Å². The van der Waals surface area contributed by atoms with Crippen molar-refractivity contribution >= 4 is 29.4 Å². The Morgan fingerprint density at radius 3 is 2.10 bits per heavy atom. The van der Waals surface area contributed by atoms with Crippen molar-refractivity contribution in [2.24, 2.45) is 11.8 Å². The number of nitrogens with zero attached hydrogens (tertiary/aromatic N) is 1. The SMILES string of the molecule is O=C(COC(=O)CN1C(=O)[C@@H]2CCCC[C@H]2C1=O)Nc1ccc(C(F)(F)F)cc1. The molecule has 1 saturated carbocycles. The van der Waals surface area contributed by atoms with Gasteiger partial charge in [-0.05, 0) is 37.1 Å². The second-order valence-electron chi connectivity index (χ2n) is 7.04. The van der Waals surface area contributed by atoms with Gasteiger partial charge in [0.15, 0.2) is 6.61 Å². The quantitative estimate of drug-likeness (QED) is 0.592. The molecule has 3 amide bonds. The molecule has 1 heterocycles. The lowest BCUT2D eigenvalue weighted by molar-refractivity contribution is -0.154. The predicted octanol–water partition coefficient (Wildman–Crippen LogP) is 2.36. The largest absolute Gasteiger partial charge is 0.454 e. The maximum absolute atomic E-state index is 12.5. The van der Waals surface area contributed by atoms with Crippen LogP contribution >= 0.6 is 0 Å². The molecule has 156 valence electrons. The highest BCUT2D eigenvalue weighted by atomic mass is 19.4. The monoisotopic (exact) mass is 412 g/mol. The van der Waals surface area contributed by atoms with Crippen LogP contribution in [0.25, 0.3) is 0 Å². The molecule has 1 N–H and O–H groups in total. The molecule has 2 aliphatic rings. The van der Waals surface area contributed by atoms with E-state index >= 15 is 0 Å². The van der Waals surface area contributed by atoms with E-state index in [2.05, 4.69) is 5.32 Å². The summed E-state index contributed by atoms with van der Waals surface area (Å²) < 4.78 is 42.3. The lowest BCUT2D eigenvalue weighted by atomic mass is 9.81. The molecule has 1 aliphatic heterocycles. The molecule has 2 fully saturated rings. The molecule has 2 atom stereocenters. The average Bonchev–Trinajstić information content (AvgIpc) is 2.91. The molecule has 0 aromatic heterocycles. The highest BCUT2D eigenvalue weighted by molar-refractivity contribution is 6.07. The van der Waals surface area contributed by atoms with Crippen molar-refractivity contribution in [2.45, 2.75) is 31.9 Å². The third-order valence-electron chi connectivity index (χ3n) is 5.08. The standard InChI is InChI=1S/C19H19F3N2O5/c20-19(21,22)11-5-7-12(8-6-11)23-15(25)10-29-16(26)9-24-17(27)13-3-1-2-4-14(13)18(24)28/h5-8,13-14H,1-4,9-10H2,(H,23,25)/t13-,14-/m1/s1. The molecule has 7 nitrogen and oxygen atoms in total. The van der Waals surface area contributed by atoms with E-state index in [4.69, 9.17) is 4.74 Å². The predicted molar refractivity (Wildman–Crippen MR) is 93.2 cm³/mol. The second kappa shape index (κ2) is 8.22. The fourth-order valence-electron chi connectivity index (χ4n) is 3.65. The number of imide groups is 1. The van der Waals surface area contributed by atoms with Gasteiger partial charge in [0.1, 0.15) is 6.54 Å². The van der Waals surface area contributed by atoms with Crippen LogP contribution in [-0.4, -0.2) is 41.7 Å². The van der Waals surface area contributed by atoms with E-state index in [-0.39, 0.29) is 29.3 Å². The number of carbonyl (C=O) groups excluding carboxylic acids is 4. The summed E-state index contributed by atoms with van der Waals surface area (Å²) in [5.41, 5.74) is -0.754. The van der Waals surface area contributed by atoms with Crippen molar-refractivity contribution in [3.05, 3.63) is 29.8 Å². The van der Waals surface area contributed by atoms with Crippen molar-refractivity contribution in [1.82, 2.24) is 4.90 Å². The molecule has 3 rings (SSSR count). The van der Waals surface area contributed by atoms with Gasteiger partial charge in [-0.2, -0.15) is 13.2 Å². The molecule has 10 heteroatoms. The second-order valence-corrected chi connectivity index (χ2v) is 7.04. The molecular formula is C19H19F3N2O5. The minimum atomic E-state index is -4.49. The Morgan fingerprint density at radius 2 is 1.59 bits per heavy atom. The minimum absolute atomic E-state index is 0.105. The fourth-order valence-corrected chi connectivity index (χ4v) is 3.65. The normalized spacial score (nSPS) is 21.7. The lowest BCUT2D eigenvalue weighted by Crippen LogP contribution is -2.37. The van der Waals surface area contributed by atoms with Gasteiger partial charge in [-0.25, -0.2) is 0 Å². The van der Waals surface area contributed by atoms with E-state index in [0.29, 0.717) is 12.8 Å². The van der Waals surface area contributed by atoms with Gasteiger partial charge in [0.05, 0.1) is 17.4 Å². The van der Waals surface area contributed by atoms with E-state index in [0.717, 1.165) is 42.0 Å². The van der Waals surface area contributed by atoms with Crippen LogP contribution in [0.4, 0.5) is 18.9 Å². The summed E-state index contributed by atoms with van der Waals surface area (Å²) in [6.45, 7) is -1.25.